The normalized spacial score (nSPS) is 51.1. The maximum atomic E-state index is 10.7. The van der Waals surface area contributed by atoms with Gasteiger partial charge in [-0.25, -0.2) is 0 Å². The van der Waals surface area contributed by atoms with Gasteiger partial charge in [-0.2, -0.15) is 0 Å². The van der Waals surface area contributed by atoms with Gasteiger partial charge in [0.15, 0.2) is 0 Å². The van der Waals surface area contributed by atoms with Crippen molar-refractivity contribution in [1.29, 1.82) is 0 Å². The number of aliphatic hydroxyl groups is 3. The lowest BCUT2D eigenvalue weighted by Gasteiger charge is -2.64. The minimum atomic E-state index is -1.17. The molecule has 0 aromatic heterocycles. The van der Waals surface area contributed by atoms with Crippen LogP contribution >= 0.6 is 0 Å². The summed E-state index contributed by atoms with van der Waals surface area (Å²) < 4.78 is 0. The molecule has 0 saturated heterocycles. The average Bonchev–Trinajstić information content (AvgIpc) is 2.29. The van der Waals surface area contributed by atoms with Gasteiger partial charge in [0.05, 0.1) is 11.7 Å². The van der Waals surface area contributed by atoms with E-state index in [1.807, 2.05) is 13.8 Å². The van der Waals surface area contributed by atoms with Crippen molar-refractivity contribution in [3.05, 3.63) is 24.3 Å². The van der Waals surface area contributed by atoms with Crippen molar-refractivity contribution < 1.29 is 15.3 Å². The van der Waals surface area contributed by atoms with Crippen LogP contribution in [0.1, 0.15) is 33.6 Å². The van der Waals surface area contributed by atoms with Crippen LogP contribution in [0.25, 0.3) is 0 Å². The van der Waals surface area contributed by atoms with Gasteiger partial charge < -0.3 is 15.3 Å². The molecule has 0 aliphatic heterocycles. The Morgan fingerprint density at radius 3 is 2.61 bits per heavy atom. The summed E-state index contributed by atoms with van der Waals surface area (Å²) in [5.41, 5.74) is -1.15. The Labute approximate surface area is 109 Å². The monoisotopic (exact) mass is 252 g/mol. The van der Waals surface area contributed by atoms with Crippen LogP contribution in [-0.2, 0) is 0 Å². The van der Waals surface area contributed by atoms with E-state index in [-0.39, 0.29) is 12.5 Å². The largest absolute Gasteiger partial charge is 0.396 e. The zero-order valence-electron chi connectivity index (χ0n) is 11.5. The van der Waals surface area contributed by atoms with Crippen LogP contribution in [0.5, 0.6) is 0 Å². The molecule has 0 aromatic carbocycles. The molecule has 1 fully saturated rings. The fourth-order valence-corrected chi connectivity index (χ4v) is 4.20. The Balaban J connectivity index is 2.64. The lowest BCUT2D eigenvalue weighted by Crippen LogP contribution is -2.69. The first-order valence-electron chi connectivity index (χ1n) is 6.58. The van der Waals surface area contributed by atoms with Gasteiger partial charge in [-0.1, -0.05) is 24.6 Å². The van der Waals surface area contributed by atoms with Gasteiger partial charge in [0, 0.05) is 17.4 Å². The molecule has 1 saturated carbocycles. The number of rotatable bonds is 3. The highest BCUT2D eigenvalue weighted by Gasteiger charge is 2.66. The molecule has 18 heavy (non-hydrogen) atoms. The van der Waals surface area contributed by atoms with Gasteiger partial charge in [0.25, 0.3) is 0 Å². The Kier molecular flexibility index (Phi) is 3.01. The number of allylic oxidation sites excluding steroid dienone is 1. The predicted octanol–water partition coefficient (Wildman–Crippen LogP) is 1.64. The quantitative estimate of drug-likeness (QED) is 0.669. The predicted molar refractivity (Wildman–Crippen MR) is 70.9 cm³/mol. The van der Waals surface area contributed by atoms with E-state index in [1.54, 1.807) is 13.0 Å². The van der Waals surface area contributed by atoms with Crippen molar-refractivity contribution in [2.24, 2.45) is 16.7 Å². The molecule has 2 bridgehead atoms. The topological polar surface area (TPSA) is 60.7 Å². The maximum Gasteiger partial charge on any atom is 0.0973 e. The lowest BCUT2D eigenvalue weighted by atomic mass is 9.43. The van der Waals surface area contributed by atoms with Crippen molar-refractivity contribution in [2.75, 3.05) is 6.61 Å². The molecule has 0 spiro atoms. The molecular weight excluding hydrogens is 228 g/mol. The van der Waals surface area contributed by atoms with Crippen LogP contribution in [0.4, 0.5) is 0 Å². The van der Waals surface area contributed by atoms with E-state index < -0.39 is 22.5 Å². The first-order chi connectivity index (χ1) is 8.26. The summed E-state index contributed by atoms with van der Waals surface area (Å²) in [6.07, 6.45) is 4.25. The van der Waals surface area contributed by atoms with Crippen molar-refractivity contribution in [1.82, 2.24) is 0 Å². The first kappa shape index (κ1) is 13.8. The molecule has 5 unspecified atom stereocenters. The van der Waals surface area contributed by atoms with E-state index in [2.05, 4.69) is 12.7 Å². The van der Waals surface area contributed by atoms with E-state index in [1.165, 1.54) is 0 Å². The third-order valence-corrected chi connectivity index (χ3v) is 5.55. The molecule has 5 atom stereocenters. The fraction of sp³-hybridized carbons (Fsp3) is 0.733. The molecule has 102 valence electrons. The van der Waals surface area contributed by atoms with Crippen LogP contribution in [0.15, 0.2) is 24.3 Å². The highest BCUT2D eigenvalue weighted by molar-refractivity contribution is 5.35. The van der Waals surface area contributed by atoms with E-state index >= 15 is 0 Å². The van der Waals surface area contributed by atoms with Crippen LogP contribution in [0.2, 0.25) is 0 Å². The van der Waals surface area contributed by atoms with Crippen molar-refractivity contribution in [2.45, 2.75) is 45.3 Å². The zero-order valence-corrected chi connectivity index (χ0v) is 11.5. The third-order valence-electron chi connectivity index (χ3n) is 5.55. The van der Waals surface area contributed by atoms with Gasteiger partial charge in [0.2, 0.25) is 0 Å². The Morgan fingerprint density at radius 2 is 2.11 bits per heavy atom. The van der Waals surface area contributed by atoms with Crippen LogP contribution in [0, 0.1) is 16.7 Å². The Bertz CT molecular complexity index is 399. The van der Waals surface area contributed by atoms with Gasteiger partial charge in [-0.05, 0) is 32.6 Å². The van der Waals surface area contributed by atoms with Crippen LogP contribution in [0.3, 0.4) is 0 Å². The molecule has 0 amide bonds. The summed E-state index contributed by atoms with van der Waals surface area (Å²) in [6, 6.07) is 0. The molecule has 0 radical (unpaired) electrons. The minimum absolute atomic E-state index is 0.0271. The average molecular weight is 252 g/mol. The second kappa shape index (κ2) is 3.92. The summed E-state index contributed by atoms with van der Waals surface area (Å²) in [7, 11) is 0. The van der Waals surface area contributed by atoms with Gasteiger partial charge >= 0.3 is 0 Å². The smallest absolute Gasteiger partial charge is 0.0973 e. The SMILES string of the molecule is C=CCC12C(C)=CC(C)(CC1CO)C(C)(O)C2O. The van der Waals surface area contributed by atoms with E-state index in [9.17, 15) is 15.3 Å². The van der Waals surface area contributed by atoms with E-state index in [0.717, 1.165) is 5.57 Å². The standard InChI is InChI=1S/C15H24O3/c1-5-6-15-10(2)7-13(3,8-11(15)9-16)14(4,18)12(15)17/h5,7,11-12,16-18H,1,6,8-9H2,2-4H3. The number of hydrogen-bond acceptors (Lipinski definition) is 3. The van der Waals surface area contributed by atoms with Crippen molar-refractivity contribution >= 4 is 0 Å². The van der Waals surface area contributed by atoms with Crippen LogP contribution in [-0.4, -0.2) is 33.6 Å². The Morgan fingerprint density at radius 1 is 1.50 bits per heavy atom. The van der Waals surface area contributed by atoms with E-state index in [0.29, 0.717) is 12.8 Å². The summed E-state index contributed by atoms with van der Waals surface area (Å²) in [4.78, 5) is 0. The Hall–Kier alpha value is -0.640. The second-order valence-electron chi connectivity index (χ2n) is 6.41. The third kappa shape index (κ3) is 1.35. The highest BCUT2D eigenvalue weighted by atomic mass is 16.3. The van der Waals surface area contributed by atoms with Crippen molar-refractivity contribution in [3.63, 3.8) is 0 Å². The summed E-state index contributed by atoms with van der Waals surface area (Å²) in [5, 5.41) is 31.1. The zero-order chi connectivity index (χ0) is 13.8. The molecule has 3 heteroatoms. The number of hydrogen-bond donors (Lipinski definition) is 3. The van der Waals surface area contributed by atoms with Crippen molar-refractivity contribution in [3.8, 4) is 0 Å². The lowest BCUT2D eigenvalue weighted by molar-refractivity contribution is -0.228. The molecule has 3 aliphatic rings. The molecular formula is C15H24O3. The molecule has 3 aliphatic carbocycles. The van der Waals surface area contributed by atoms with Crippen LogP contribution < -0.4 is 0 Å². The van der Waals surface area contributed by atoms with E-state index in [4.69, 9.17) is 0 Å². The molecule has 0 heterocycles. The van der Waals surface area contributed by atoms with Gasteiger partial charge in [0.1, 0.15) is 0 Å². The highest BCUT2D eigenvalue weighted by Crippen LogP contribution is 2.63. The molecule has 3 nitrogen and oxygen atoms in total. The minimum Gasteiger partial charge on any atom is -0.396 e. The summed E-state index contributed by atoms with van der Waals surface area (Å²) >= 11 is 0. The number of fused-ring (bicyclic) bond motifs is 2. The van der Waals surface area contributed by atoms with Gasteiger partial charge in [-0.15, -0.1) is 6.58 Å². The molecule has 0 aromatic rings. The fourth-order valence-electron chi connectivity index (χ4n) is 4.20. The first-order valence-corrected chi connectivity index (χ1v) is 6.58. The molecule has 3 rings (SSSR count). The summed E-state index contributed by atoms with van der Waals surface area (Å²) in [5.74, 6) is -0.0271. The number of aliphatic hydroxyl groups excluding tert-OH is 2. The second-order valence-corrected chi connectivity index (χ2v) is 6.41. The maximum absolute atomic E-state index is 10.7. The molecule has 3 N–H and O–H groups in total. The van der Waals surface area contributed by atoms with Gasteiger partial charge in [-0.3, -0.25) is 0 Å². The summed E-state index contributed by atoms with van der Waals surface area (Å²) in [6.45, 7) is 9.44.